The normalized spacial score (nSPS) is 10.6. The van der Waals surface area contributed by atoms with Gasteiger partial charge in [-0.05, 0) is 42.7 Å². The third kappa shape index (κ3) is 3.88. The first kappa shape index (κ1) is 16.8. The molecule has 0 saturated carbocycles. The van der Waals surface area contributed by atoms with Crippen LogP contribution >= 0.6 is 0 Å². The van der Waals surface area contributed by atoms with Crippen molar-refractivity contribution in [3.8, 4) is 11.5 Å². The Labute approximate surface area is 144 Å². The number of hydrogen-bond acceptors (Lipinski definition) is 5. The molecule has 0 bridgehead atoms. The lowest BCUT2D eigenvalue weighted by Crippen LogP contribution is -2.18. The van der Waals surface area contributed by atoms with E-state index in [1.54, 1.807) is 18.2 Å². The zero-order chi connectivity index (χ0) is 17.8. The molecule has 0 aliphatic carbocycles. The molecule has 0 radical (unpaired) electrons. The van der Waals surface area contributed by atoms with Crippen LogP contribution in [0.25, 0.3) is 11.0 Å². The Morgan fingerprint density at radius 2 is 1.88 bits per heavy atom. The minimum absolute atomic E-state index is 0.205. The summed E-state index contributed by atoms with van der Waals surface area (Å²) in [5.74, 6) is 0.452. The van der Waals surface area contributed by atoms with Crippen molar-refractivity contribution in [2.45, 2.75) is 20.3 Å². The van der Waals surface area contributed by atoms with E-state index in [4.69, 9.17) is 13.9 Å². The van der Waals surface area contributed by atoms with Crippen LogP contribution < -0.4 is 15.1 Å². The van der Waals surface area contributed by atoms with Gasteiger partial charge < -0.3 is 13.9 Å². The molecule has 0 fully saturated rings. The number of ether oxygens (including phenoxy) is 2. The smallest absolute Gasteiger partial charge is 0.349 e. The van der Waals surface area contributed by atoms with Crippen molar-refractivity contribution in [1.29, 1.82) is 0 Å². The van der Waals surface area contributed by atoms with Crippen molar-refractivity contribution in [2.75, 3.05) is 6.61 Å². The molecule has 1 aromatic heterocycles. The van der Waals surface area contributed by atoms with Crippen LogP contribution in [0, 0.1) is 6.92 Å². The molecule has 5 heteroatoms. The Hall–Kier alpha value is -3.08. The molecule has 128 valence electrons. The summed E-state index contributed by atoms with van der Waals surface area (Å²) < 4.78 is 16.0. The molecule has 5 nitrogen and oxygen atoms in total. The fourth-order valence-electron chi connectivity index (χ4n) is 2.57. The molecule has 0 atom stereocenters. The topological polar surface area (TPSA) is 65.7 Å². The highest BCUT2D eigenvalue weighted by molar-refractivity contribution is 5.84. The van der Waals surface area contributed by atoms with Crippen LogP contribution in [-0.4, -0.2) is 12.6 Å². The maximum Gasteiger partial charge on any atom is 0.349 e. The molecular weight excluding hydrogens is 320 g/mol. The maximum atomic E-state index is 12.1. The van der Waals surface area contributed by atoms with Crippen molar-refractivity contribution >= 4 is 16.9 Å². The number of aryl methyl sites for hydroxylation is 2. The van der Waals surface area contributed by atoms with Crippen LogP contribution in [-0.2, 0) is 11.2 Å². The summed E-state index contributed by atoms with van der Waals surface area (Å²) in [7, 11) is 0. The number of rotatable bonds is 5. The third-order valence-corrected chi connectivity index (χ3v) is 3.84. The number of benzene rings is 2. The van der Waals surface area contributed by atoms with Crippen LogP contribution in [0.5, 0.6) is 11.5 Å². The Bertz CT molecular complexity index is 957. The average molecular weight is 338 g/mol. The van der Waals surface area contributed by atoms with Crippen molar-refractivity contribution in [3.05, 3.63) is 70.1 Å². The van der Waals surface area contributed by atoms with Gasteiger partial charge in [-0.25, -0.2) is 9.59 Å². The van der Waals surface area contributed by atoms with Gasteiger partial charge in [0.2, 0.25) is 0 Å². The quantitative estimate of drug-likeness (QED) is 0.404. The van der Waals surface area contributed by atoms with Gasteiger partial charge in [-0.15, -0.1) is 0 Å². The summed E-state index contributed by atoms with van der Waals surface area (Å²) in [5.41, 5.74) is 1.65. The van der Waals surface area contributed by atoms with Gasteiger partial charge in [0.05, 0.1) is 0 Å². The summed E-state index contributed by atoms with van der Waals surface area (Å²) in [6.45, 7) is 3.61. The van der Waals surface area contributed by atoms with Gasteiger partial charge in [0.25, 0.3) is 0 Å². The molecule has 0 unspecified atom stereocenters. The van der Waals surface area contributed by atoms with Gasteiger partial charge in [0, 0.05) is 17.5 Å². The van der Waals surface area contributed by atoms with Crippen LogP contribution in [0.2, 0.25) is 0 Å². The number of carbonyl (C=O) groups excluding carboxylic acids is 1. The second-order valence-corrected chi connectivity index (χ2v) is 5.63. The van der Waals surface area contributed by atoms with Gasteiger partial charge in [-0.1, -0.05) is 25.1 Å². The van der Waals surface area contributed by atoms with Crippen molar-refractivity contribution < 1.29 is 18.7 Å². The first-order chi connectivity index (χ1) is 12.1. The zero-order valence-electron chi connectivity index (χ0n) is 14.1. The zero-order valence-corrected chi connectivity index (χ0v) is 14.1. The molecule has 25 heavy (non-hydrogen) atoms. The summed E-state index contributed by atoms with van der Waals surface area (Å²) in [4.78, 5) is 23.6. The monoisotopic (exact) mass is 338 g/mol. The molecule has 0 amide bonds. The second-order valence-electron chi connectivity index (χ2n) is 5.63. The number of hydrogen-bond donors (Lipinski definition) is 0. The highest BCUT2D eigenvalue weighted by Crippen LogP contribution is 2.28. The second kappa shape index (κ2) is 7.21. The van der Waals surface area contributed by atoms with Crippen molar-refractivity contribution in [1.82, 2.24) is 0 Å². The summed E-state index contributed by atoms with van der Waals surface area (Å²) >= 11 is 0. The van der Waals surface area contributed by atoms with Crippen LogP contribution in [0.15, 0.2) is 57.7 Å². The molecule has 0 aliphatic rings. The SMILES string of the molecule is CCc1cc2c(C)cc(=O)oc2cc1OC(=O)COc1ccccc1. The number of fused-ring (bicyclic) bond motifs is 1. The summed E-state index contributed by atoms with van der Waals surface area (Å²) in [5, 5.41) is 0.830. The number of carbonyl (C=O) groups is 1. The van der Waals surface area contributed by atoms with E-state index in [1.165, 1.54) is 6.07 Å². The van der Waals surface area contributed by atoms with Gasteiger partial charge >= 0.3 is 11.6 Å². The number of para-hydroxylation sites is 1. The molecule has 1 heterocycles. The van der Waals surface area contributed by atoms with E-state index in [0.717, 1.165) is 16.5 Å². The van der Waals surface area contributed by atoms with E-state index in [0.29, 0.717) is 23.5 Å². The first-order valence-corrected chi connectivity index (χ1v) is 8.02. The first-order valence-electron chi connectivity index (χ1n) is 8.02. The number of esters is 1. The van der Waals surface area contributed by atoms with Gasteiger partial charge in [0.15, 0.2) is 6.61 Å². The van der Waals surface area contributed by atoms with Gasteiger partial charge in [0.1, 0.15) is 17.1 Å². The van der Waals surface area contributed by atoms with E-state index in [9.17, 15) is 9.59 Å². The van der Waals surface area contributed by atoms with Crippen molar-refractivity contribution in [3.63, 3.8) is 0 Å². The Morgan fingerprint density at radius 3 is 2.60 bits per heavy atom. The van der Waals surface area contributed by atoms with Crippen molar-refractivity contribution in [2.24, 2.45) is 0 Å². The van der Waals surface area contributed by atoms with Crippen LogP contribution in [0.1, 0.15) is 18.1 Å². The lowest BCUT2D eigenvalue weighted by atomic mass is 10.1. The molecule has 0 N–H and O–H groups in total. The molecule has 0 spiro atoms. The van der Waals surface area contributed by atoms with Crippen LogP contribution in [0.4, 0.5) is 0 Å². The predicted octanol–water partition coefficient (Wildman–Crippen LogP) is 3.65. The van der Waals surface area contributed by atoms with Crippen LogP contribution in [0.3, 0.4) is 0 Å². The highest BCUT2D eigenvalue weighted by atomic mass is 16.6. The van der Waals surface area contributed by atoms with Gasteiger partial charge in [-0.3, -0.25) is 0 Å². The van der Waals surface area contributed by atoms with Gasteiger partial charge in [-0.2, -0.15) is 0 Å². The predicted molar refractivity (Wildman–Crippen MR) is 94.2 cm³/mol. The Balaban J connectivity index is 1.82. The summed E-state index contributed by atoms with van der Waals surface area (Å²) in [6, 6.07) is 13.9. The fraction of sp³-hybridized carbons (Fsp3) is 0.200. The largest absolute Gasteiger partial charge is 0.482 e. The van der Waals surface area contributed by atoms with E-state index >= 15 is 0 Å². The van der Waals surface area contributed by atoms with E-state index in [2.05, 4.69) is 0 Å². The Morgan fingerprint density at radius 1 is 1.12 bits per heavy atom. The average Bonchev–Trinajstić information content (AvgIpc) is 2.60. The molecule has 3 rings (SSSR count). The molecule has 0 aliphatic heterocycles. The van der Waals surface area contributed by atoms with E-state index < -0.39 is 11.6 Å². The maximum absolute atomic E-state index is 12.1. The Kier molecular flexibility index (Phi) is 4.84. The van der Waals surface area contributed by atoms with E-state index in [1.807, 2.05) is 38.1 Å². The minimum Gasteiger partial charge on any atom is -0.482 e. The minimum atomic E-state index is -0.520. The lowest BCUT2D eigenvalue weighted by molar-refractivity contribution is -0.136. The lowest BCUT2D eigenvalue weighted by Gasteiger charge is -2.11. The molecule has 0 saturated heterocycles. The third-order valence-electron chi connectivity index (χ3n) is 3.84. The standard InChI is InChI=1S/C20H18O5/c1-3-14-10-16-13(2)9-19(21)25-18(16)11-17(14)24-20(22)12-23-15-7-5-4-6-8-15/h4-11H,3,12H2,1-2H3. The summed E-state index contributed by atoms with van der Waals surface area (Å²) in [6.07, 6.45) is 0.677. The molecule has 3 aromatic rings. The highest BCUT2D eigenvalue weighted by Gasteiger charge is 2.13. The fourth-order valence-corrected chi connectivity index (χ4v) is 2.57. The molecular formula is C20H18O5. The van der Waals surface area contributed by atoms with E-state index in [-0.39, 0.29) is 6.61 Å². The molecule has 2 aromatic carbocycles.